The lowest BCUT2D eigenvalue weighted by Gasteiger charge is -2.38. The van der Waals surface area contributed by atoms with Crippen LogP contribution in [0, 0.1) is 0 Å². The first-order chi connectivity index (χ1) is 13.6. The SMILES string of the molecule is Clc1cc(Cl)c2c(c1)[C@@H]1CC(c3ccccc3)=NN1[C@H](c1ccc(Br)cc1)O2. The van der Waals surface area contributed by atoms with Crippen LogP contribution in [0.3, 0.4) is 0 Å². The number of benzene rings is 3. The number of halogens is 3. The van der Waals surface area contributed by atoms with Crippen molar-refractivity contribution in [2.45, 2.75) is 18.7 Å². The Balaban J connectivity index is 1.63. The van der Waals surface area contributed by atoms with Gasteiger partial charge in [0.25, 0.3) is 0 Å². The van der Waals surface area contributed by atoms with Gasteiger partial charge in [-0.25, -0.2) is 5.01 Å². The summed E-state index contributed by atoms with van der Waals surface area (Å²) in [6.07, 6.45) is 0.412. The number of ether oxygens (including phenoxy) is 1. The zero-order valence-corrected chi connectivity index (χ0v) is 17.7. The smallest absolute Gasteiger partial charge is 0.213 e. The van der Waals surface area contributed by atoms with E-state index in [2.05, 4.69) is 28.1 Å². The Morgan fingerprint density at radius 3 is 2.50 bits per heavy atom. The van der Waals surface area contributed by atoms with E-state index in [4.69, 9.17) is 33.0 Å². The zero-order valence-electron chi connectivity index (χ0n) is 14.6. The quantitative estimate of drug-likeness (QED) is 0.400. The van der Waals surface area contributed by atoms with Gasteiger partial charge in [-0.3, -0.25) is 0 Å². The van der Waals surface area contributed by atoms with Gasteiger partial charge in [-0.1, -0.05) is 81.6 Å². The Morgan fingerprint density at radius 2 is 1.75 bits per heavy atom. The molecule has 0 spiro atoms. The second kappa shape index (κ2) is 7.11. The molecule has 0 amide bonds. The molecule has 3 nitrogen and oxygen atoms in total. The summed E-state index contributed by atoms with van der Waals surface area (Å²) in [5.74, 6) is 0.685. The van der Waals surface area contributed by atoms with E-state index in [0.29, 0.717) is 15.8 Å². The predicted octanol–water partition coefficient (Wildman–Crippen LogP) is 7.00. The average Bonchev–Trinajstić information content (AvgIpc) is 3.15. The van der Waals surface area contributed by atoms with Crippen molar-refractivity contribution < 1.29 is 4.74 Å². The Morgan fingerprint density at radius 1 is 1.00 bits per heavy atom. The Bertz CT molecular complexity index is 1070. The average molecular weight is 474 g/mol. The molecule has 3 aromatic carbocycles. The lowest BCUT2D eigenvalue weighted by Crippen LogP contribution is -2.33. The molecule has 0 saturated carbocycles. The van der Waals surface area contributed by atoms with Crippen molar-refractivity contribution in [2.24, 2.45) is 5.10 Å². The Kier molecular flexibility index (Phi) is 4.58. The Hall–Kier alpha value is -2.01. The predicted molar refractivity (Wildman–Crippen MR) is 116 cm³/mol. The summed E-state index contributed by atoms with van der Waals surface area (Å²) in [6, 6.07) is 22.0. The highest BCUT2D eigenvalue weighted by Gasteiger charge is 2.42. The van der Waals surface area contributed by atoms with Crippen molar-refractivity contribution in [1.29, 1.82) is 0 Å². The van der Waals surface area contributed by atoms with Crippen LogP contribution < -0.4 is 4.74 Å². The van der Waals surface area contributed by atoms with Gasteiger partial charge in [0.2, 0.25) is 6.23 Å². The first-order valence-electron chi connectivity index (χ1n) is 8.92. The first kappa shape index (κ1) is 18.0. The molecule has 28 heavy (non-hydrogen) atoms. The van der Waals surface area contributed by atoms with Crippen molar-refractivity contribution >= 4 is 44.8 Å². The molecule has 2 atom stereocenters. The molecule has 0 radical (unpaired) electrons. The van der Waals surface area contributed by atoms with Crippen LogP contribution >= 0.6 is 39.1 Å². The maximum absolute atomic E-state index is 6.50. The largest absolute Gasteiger partial charge is 0.463 e. The number of hydrazone groups is 1. The third kappa shape index (κ3) is 3.10. The lowest BCUT2D eigenvalue weighted by atomic mass is 9.96. The molecule has 0 N–H and O–H groups in total. The fourth-order valence-electron chi connectivity index (χ4n) is 3.77. The van der Waals surface area contributed by atoms with Crippen LogP contribution in [0.2, 0.25) is 10.0 Å². The highest BCUT2D eigenvalue weighted by atomic mass is 79.9. The van der Waals surface area contributed by atoms with E-state index in [-0.39, 0.29) is 12.3 Å². The minimum absolute atomic E-state index is 0.0174. The fraction of sp³-hybridized carbons (Fsp3) is 0.136. The van der Waals surface area contributed by atoms with Crippen molar-refractivity contribution in [3.63, 3.8) is 0 Å². The van der Waals surface area contributed by atoms with Gasteiger partial charge in [0.15, 0.2) is 0 Å². The van der Waals surface area contributed by atoms with E-state index in [9.17, 15) is 0 Å². The van der Waals surface area contributed by atoms with Gasteiger partial charge >= 0.3 is 0 Å². The number of rotatable bonds is 2. The van der Waals surface area contributed by atoms with Crippen molar-refractivity contribution in [2.75, 3.05) is 0 Å². The summed E-state index contributed by atoms with van der Waals surface area (Å²) in [7, 11) is 0. The van der Waals surface area contributed by atoms with Crippen LogP contribution in [-0.2, 0) is 0 Å². The summed E-state index contributed by atoms with van der Waals surface area (Å²) < 4.78 is 7.37. The molecular weight excluding hydrogens is 459 g/mol. The third-order valence-corrected chi connectivity index (χ3v) is 6.10. The van der Waals surface area contributed by atoms with E-state index >= 15 is 0 Å². The molecule has 2 aliphatic rings. The second-order valence-corrected chi connectivity index (χ2v) is 8.60. The maximum Gasteiger partial charge on any atom is 0.213 e. The molecule has 0 fully saturated rings. The molecule has 2 heterocycles. The third-order valence-electron chi connectivity index (χ3n) is 5.07. The van der Waals surface area contributed by atoms with E-state index in [1.807, 2.05) is 53.5 Å². The maximum atomic E-state index is 6.50. The van der Waals surface area contributed by atoms with Crippen LogP contribution in [0.5, 0.6) is 5.75 Å². The van der Waals surface area contributed by atoms with Gasteiger partial charge in [-0.2, -0.15) is 5.10 Å². The monoisotopic (exact) mass is 472 g/mol. The molecule has 5 rings (SSSR count). The number of fused-ring (bicyclic) bond motifs is 3. The van der Waals surface area contributed by atoms with E-state index in [1.54, 1.807) is 6.07 Å². The van der Waals surface area contributed by atoms with Gasteiger partial charge in [-0.05, 0) is 29.8 Å². The number of hydrogen-bond donors (Lipinski definition) is 0. The second-order valence-electron chi connectivity index (χ2n) is 6.84. The molecule has 0 bridgehead atoms. The number of hydrogen-bond acceptors (Lipinski definition) is 3. The molecule has 2 aliphatic heterocycles. The summed E-state index contributed by atoms with van der Waals surface area (Å²) >= 11 is 16.3. The summed E-state index contributed by atoms with van der Waals surface area (Å²) in [6.45, 7) is 0. The molecular formula is C22H15BrCl2N2O. The first-order valence-corrected chi connectivity index (χ1v) is 10.5. The molecule has 0 aromatic heterocycles. The van der Waals surface area contributed by atoms with Crippen molar-refractivity contribution in [3.05, 3.63) is 97.9 Å². The number of nitrogens with zero attached hydrogens (tertiary/aromatic N) is 2. The van der Waals surface area contributed by atoms with Crippen LogP contribution in [0.1, 0.15) is 35.4 Å². The highest BCUT2D eigenvalue weighted by molar-refractivity contribution is 9.10. The summed E-state index contributed by atoms with van der Waals surface area (Å²) in [5, 5.41) is 8.10. The van der Waals surface area contributed by atoms with Gasteiger partial charge in [0.1, 0.15) is 5.75 Å². The van der Waals surface area contributed by atoms with E-state index in [1.165, 1.54) is 0 Å². The highest BCUT2D eigenvalue weighted by Crippen LogP contribution is 2.50. The van der Waals surface area contributed by atoms with E-state index in [0.717, 1.165) is 33.3 Å². The van der Waals surface area contributed by atoms with Gasteiger partial charge in [0, 0.05) is 27.0 Å². The van der Waals surface area contributed by atoms with Crippen LogP contribution in [0.4, 0.5) is 0 Å². The molecule has 140 valence electrons. The summed E-state index contributed by atoms with van der Waals surface area (Å²) in [4.78, 5) is 0. The van der Waals surface area contributed by atoms with Gasteiger partial charge in [-0.15, -0.1) is 0 Å². The van der Waals surface area contributed by atoms with Gasteiger partial charge < -0.3 is 4.74 Å². The van der Waals surface area contributed by atoms with Crippen molar-refractivity contribution in [1.82, 2.24) is 5.01 Å². The topological polar surface area (TPSA) is 24.8 Å². The zero-order chi connectivity index (χ0) is 19.3. The lowest BCUT2D eigenvalue weighted by molar-refractivity contribution is -0.0189. The minimum atomic E-state index is -0.356. The fourth-order valence-corrected chi connectivity index (χ4v) is 4.59. The molecule has 3 aromatic rings. The molecule has 6 heteroatoms. The Labute approximate surface area is 181 Å². The molecule has 0 unspecified atom stereocenters. The molecule has 0 aliphatic carbocycles. The van der Waals surface area contributed by atoms with Gasteiger partial charge in [0.05, 0.1) is 16.8 Å². The summed E-state index contributed by atoms with van der Waals surface area (Å²) in [5.41, 5.74) is 4.13. The van der Waals surface area contributed by atoms with Crippen LogP contribution in [0.15, 0.2) is 76.3 Å². The van der Waals surface area contributed by atoms with Crippen LogP contribution in [0.25, 0.3) is 0 Å². The van der Waals surface area contributed by atoms with Crippen LogP contribution in [-0.4, -0.2) is 10.7 Å². The van der Waals surface area contributed by atoms with Crippen molar-refractivity contribution in [3.8, 4) is 5.75 Å². The standard InChI is InChI=1S/C22H15BrCl2N2O/c23-15-8-6-14(7-9-15)22-27-20(12-19(26-27)13-4-2-1-3-5-13)17-10-16(24)11-18(25)21(17)28-22/h1-11,20,22H,12H2/t20-,22-/m0/s1. The van der Waals surface area contributed by atoms with E-state index < -0.39 is 0 Å². The minimum Gasteiger partial charge on any atom is -0.463 e. The normalized spacial score (nSPS) is 20.2. The molecule has 0 saturated heterocycles.